The first kappa shape index (κ1) is 17.0. The number of hydrogen-bond acceptors (Lipinski definition) is 6. The number of hydrogen-bond donors (Lipinski definition) is 3. The van der Waals surface area contributed by atoms with Gasteiger partial charge in [0, 0.05) is 50.7 Å². The van der Waals surface area contributed by atoms with Gasteiger partial charge in [0.15, 0.2) is 5.88 Å². The molecule has 7 nitrogen and oxygen atoms in total. The molecule has 0 unspecified atom stereocenters. The largest absolute Gasteiger partial charge is 0.396 e. The molecular formula is C14H22N3O4S. The molecule has 0 aromatic heterocycles. The maximum atomic E-state index is 10.6. The Labute approximate surface area is 131 Å². The third-order valence-corrected chi connectivity index (χ3v) is 4.03. The lowest BCUT2D eigenvalue weighted by Gasteiger charge is -2.36. The van der Waals surface area contributed by atoms with Crippen molar-refractivity contribution in [1.29, 1.82) is 0 Å². The molecule has 0 saturated carbocycles. The minimum absolute atomic E-state index is 0.231. The molecule has 0 spiro atoms. The topological polar surface area (TPSA) is 93.1 Å². The molecule has 1 radical (unpaired) electrons. The van der Waals surface area contributed by atoms with E-state index in [0.717, 1.165) is 44.8 Å². The summed E-state index contributed by atoms with van der Waals surface area (Å²) in [4.78, 5) is 4.61. The highest BCUT2D eigenvalue weighted by Gasteiger charge is 2.16. The van der Waals surface area contributed by atoms with Crippen molar-refractivity contribution >= 4 is 21.5 Å². The van der Waals surface area contributed by atoms with E-state index < -0.39 is 10.1 Å². The van der Waals surface area contributed by atoms with E-state index in [1.807, 2.05) is 12.1 Å². The minimum Gasteiger partial charge on any atom is -0.396 e. The molecule has 3 N–H and O–H groups in total. The summed E-state index contributed by atoms with van der Waals surface area (Å²) in [6.07, 6.45) is 0.810. The summed E-state index contributed by atoms with van der Waals surface area (Å²) in [5.41, 5.74) is 1.68. The molecule has 0 bridgehead atoms. The van der Waals surface area contributed by atoms with Gasteiger partial charge < -0.3 is 15.3 Å². The van der Waals surface area contributed by atoms with Crippen LogP contribution in [0.25, 0.3) is 0 Å². The Balaban J connectivity index is 1.84. The highest BCUT2D eigenvalue weighted by Crippen LogP contribution is 2.20. The van der Waals surface area contributed by atoms with Gasteiger partial charge >= 0.3 is 0 Å². The summed E-state index contributed by atoms with van der Waals surface area (Å²) in [5.74, 6) is 0.655. The number of anilines is 2. The van der Waals surface area contributed by atoms with Gasteiger partial charge in [-0.3, -0.25) is 9.45 Å². The van der Waals surface area contributed by atoms with Gasteiger partial charge in [0.05, 0.1) is 0 Å². The number of aliphatic hydroxyl groups is 1. The van der Waals surface area contributed by atoms with Crippen molar-refractivity contribution in [3.8, 4) is 0 Å². The molecule has 22 heavy (non-hydrogen) atoms. The van der Waals surface area contributed by atoms with Gasteiger partial charge in [-0.1, -0.05) is 0 Å². The maximum Gasteiger partial charge on any atom is 0.289 e. The smallest absolute Gasteiger partial charge is 0.289 e. The number of rotatable bonds is 7. The molecule has 1 aromatic rings. The van der Waals surface area contributed by atoms with Crippen LogP contribution >= 0.6 is 0 Å². The van der Waals surface area contributed by atoms with Crippen LogP contribution in [0.15, 0.2) is 24.3 Å². The second-order valence-corrected chi connectivity index (χ2v) is 6.50. The van der Waals surface area contributed by atoms with Gasteiger partial charge in [-0.05, 0) is 30.7 Å². The lowest BCUT2D eigenvalue weighted by atomic mass is 10.2. The molecular weight excluding hydrogens is 306 g/mol. The summed E-state index contributed by atoms with van der Waals surface area (Å²) >= 11 is 0. The Kier molecular flexibility index (Phi) is 6.01. The third kappa shape index (κ3) is 5.45. The molecule has 1 aromatic carbocycles. The standard InChI is InChI=1S/C14H22N3O4S/c18-11-1-6-16-7-9-17(10-8-16)14-4-2-13(3-5-14)15-12-22(19,20)21/h2-5,12,15,18H,1,6-11H2,(H,19,20,21). The first-order valence-corrected chi connectivity index (χ1v) is 8.74. The van der Waals surface area contributed by atoms with Crippen LogP contribution < -0.4 is 10.2 Å². The zero-order valence-corrected chi connectivity index (χ0v) is 13.2. The summed E-state index contributed by atoms with van der Waals surface area (Å²) < 4.78 is 29.9. The van der Waals surface area contributed by atoms with E-state index in [0.29, 0.717) is 11.6 Å². The SMILES string of the molecule is O=S(=O)(O)[CH]Nc1ccc(N2CCN(CCCO)CC2)cc1. The van der Waals surface area contributed by atoms with Crippen LogP contribution in [0.3, 0.4) is 0 Å². The van der Waals surface area contributed by atoms with E-state index in [2.05, 4.69) is 15.1 Å². The monoisotopic (exact) mass is 328 g/mol. The van der Waals surface area contributed by atoms with Crippen LogP contribution in [0.5, 0.6) is 0 Å². The Morgan fingerprint density at radius 3 is 2.32 bits per heavy atom. The molecule has 1 aliphatic heterocycles. The summed E-state index contributed by atoms with van der Waals surface area (Å²) in [7, 11) is -4.14. The summed E-state index contributed by atoms with van der Waals surface area (Å²) in [5, 5.41) is 11.4. The van der Waals surface area contributed by atoms with Gasteiger partial charge in [-0.2, -0.15) is 8.42 Å². The summed E-state index contributed by atoms with van der Waals surface area (Å²) in [6.45, 7) is 4.95. The van der Waals surface area contributed by atoms with Crippen LogP contribution in [0.2, 0.25) is 0 Å². The fraction of sp³-hybridized carbons (Fsp3) is 0.500. The van der Waals surface area contributed by atoms with Gasteiger partial charge in [0.25, 0.3) is 10.1 Å². The minimum atomic E-state index is -4.14. The molecule has 1 fully saturated rings. The Bertz CT molecular complexity index is 554. The average molecular weight is 328 g/mol. The normalized spacial score (nSPS) is 16.7. The van der Waals surface area contributed by atoms with Crippen molar-refractivity contribution in [2.75, 3.05) is 49.5 Å². The van der Waals surface area contributed by atoms with Crippen molar-refractivity contribution in [1.82, 2.24) is 4.90 Å². The number of nitrogens with one attached hydrogen (secondary N) is 1. The van der Waals surface area contributed by atoms with Gasteiger partial charge in [-0.15, -0.1) is 0 Å². The van der Waals surface area contributed by atoms with Crippen LogP contribution in [-0.2, 0) is 10.1 Å². The first-order chi connectivity index (χ1) is 10.5. The van der Waals surface area contributed by atoms with E-state index in [9.17, 15) is 8.42 Å². The fourth-order valence-corrected chi connectivity index (χ4v) is 2.72. The average Bonchev–Trinajstić information content (AvgIpc) is 2.51. The van der Waals surface area contributed by atoms with Crippen LogP contribution in [-0.4, -0.2) is 62.3 Å². The second kappa shape index (κ2) is 7.77. The lowest BCUT2D eigenvalue weighted by molar-refractivity contribution is 0.216. The quantitative estimate of drug-likeness (QED) is 0.632. The van der Waals surface area contributed by atoms with E-state index in [-0.39, 0.29) is 6.61 Å². The van der Waals surface area contributed by atoms with Gasteiger partial charge in [-0.25, -0.2) is 0 Å². The summed E-state index contributed by atoms with van der Waals surface area (Å²) in [6, 6.07) is 7.39. The molecule has 123 valence electrons. The van der Waals surface area contributed by atoms with Crippen LogP contribution in [0.1, 0.15) is 6.42 Å². The van der Waals surface area contributed by atoms with E-state index in [1.165, 1.54) is 0 Å². The number of piperazine rings is 1. The second-order valence-electron chi connectivity index (χ2n) is 5.23. The molecule has 1 heterocycles. The highest BCUT2D eigenvalue weighted by molar-refractivity contribution is 7.87. The number of benzene rings is 1. The number of nitrogens with zero attached hydrogens (tertiary/aromatic N) is 2. The molecule has 8 heteroatoms. The molecule has 2 rings (SSSR count). The van der Waals surface area contributed by atoms with E-state index in [1.54, 1.807) is 12.1 Å². The van der Waals surface area contributed by atoms with Crippen molar-refractivity contribution in [2.45, 2.75) is 6.42 Å². The van der Waals surface area contributed by atoms with E-state index >= 15 is 0 Å². The van der Waals surface area contributed by atoms with Gasteiger partial charge in [0.2, 0.25) is 0 Å². The predicted octanol–water partition coefficient (Wildman–Crippen LogP) is 0.610. The Morgan fingerprint density at radius 1 is 1.14 bits per heavy atom. The van der Waals surface area contributed by atoms with Gasteiger partial charge in [0.1, 0.15) is 0 Å². The predicted molar refractivity (Wildman–Crippen MR) is 86.3 cm³/mol. The van der Waals surface area contributed by atoms with Crippen molar-refractivity contribution < 1.29 is 18.1 Å². The van der Waals surface area contributed by atoms with Crippen LogP contribution in [0.4, 0.5) is 11.4 Å². The van der Waals surface area contributed by atoms with Crippen molar-refractivity contribution in [2.24, 2.45) is 0 Å². The Morgan fingerprint density at radius 2 is 1.77 bits per heavy atom. The first-order valence-electron chi connectivity index (χ1n) is 7.23. The van der Waals surface area contributed by atoms with Crippen LogP contribution in [0, 0.1) is 5.88 Å². The molecule has 1 aliphatic rings. The zero-order valence-electron chi connectivity index (χ0n) is 12.4. The van der Waals surface area contributed by atoms with Crippen molar-refractivity contribution in [3.63, 3.8) is 0 Å². The zero-order chi connectivity index (χ0) is 16.0. The Hall–Kier alpha value is -1.35. The fourth-order valence-electron chi connectivity index (χ4n) is 2.43. The molecule has 0 aliphatic carbocycles. The highest BCUT2D eigenvalue weighted by atomic mass is 32.2. The molecule has 0 amide bonds. The lowest BCUT2D eigenvalue weighted by Crippen LogP contribution is -2.46. The van der Waals surface area contributed by atoms with E-state index in [4.69, 9.17) is 9.66 Å². The number of aliphatic hydroxyl groups excluding tert-OH is 1. The molecule has 1 saturated heterocycles. The maximum absolute atomic E-state index is 10.6. The third-order valence-electron chi connectivity index (χ3n) is 3.61. The molecule has 0 atom stereocenters. The van der Waals surface area contributed by atoms with Crippen molar-refractivity contribution in [3.05, 3.63) is 30.1 Å².